The van der Waals surface area contributed by atoms with Crippen LogP contribution in [-0.2, 0) is 9.84 Å². The topological polar surface area (TPSA) is 46.2 Å². The summed E-state index contributed by atoms with van der Waals surface area (Å²) < 4.78 is 21.9. The number of sulfone groups is 1. The fourth-order valence-electron chi connectivity index (χ4n) is 1.97. The Morgan fingerprint density at radius 3 is 2.43 bits per heavy atom. The van der Waals surface area contributed by atoms with Gasteiger partial charge in [0.15, 0.2) is 0 Å². The predicted molar refractivity (Wildman–Crippen MR) is 59.2 cm³/mol. The number of rotatable bonds is 5. The van der Waals surface area contributed by atoms with Crippen LogP contribution in [0.25, 0.3) is 0 Å². The molecule has 1 aliphatic rings. The summed E-state index contributed by atoms with van der Waals surface area (Å²) in [5.41, 5.74) is 0. The summed E-state index contributed by atoms with van der Waals surface area (Å²) in [5.74, 6) is 0.299. The first-order valence-corrected chi connectivity index (χ1v) is 7.47. The third-order valence-corrected chi connectivity index (χ3v) is 3.77. The van der Waals surface area contributed by atoms with E-state index in [4.69, 9.17) is 0 Å². The van der Waals surface area contributed by atoms with Crippen molar-refractivity contribution in [1.82, 2.24) is 5.32 Å². The van der Waals surface area contributed by atoms with E-state index >= 15 is 0 Å². The molecular formula is C10H21NO2S. The summed E-state index contributed by atoms with van der Waals surface area (Å²) in [7, 11) is -2.79. The molecule has 0 aromatic heterocycles. The van der Waals surface area contributed by atoms with Gasteiger partial charge in [0, 0.05) is 18.3 Å². The molecule has 1 fully saturated rings. The van der Waals surface area contributed by atoms with Crippen LogP contribution in [0.5, 0.6) is 0 Å². The quantitative estimate of drug-likeness (QED) is 0.759. The maximum atomic E-state index is 10.9. The van der Waals surface area contributed by atoms with E-state index in [1.54, 1.807) is 0 Å². The van der Waals surface area contributed by atoms with Crippen molar-refractivity contribution < 1.29 is 8.42 Å². The van der Waals surface area contributed by atoms with Crippen molar-refractivity contribution in [3.8, 4) is 0 Å². The van der Waals surface area contributed by atoms with Crippen molar-refractivity contribution in [2.75, 3.05) is 12.0 Å². The van der Waals surface area contributed by atoms with Crippen molar-refractivity contribution in [2.24, 2.45) is 0 Å². The zero-order chi connectivity index (χ0) is 10.6. The van der Waals surface area contributed by atoms with Crippen LogP contribution in [0.4, 0.5) is 0 Å². The highest BCUT2D eigenvalue weighted by Gasteiger charge is 2.17. The molecule has 0 aliphatic heterocycles. The van der Waals surface area contributed by atoms with Gasteiger partial charge in [-0.25, -0.2) is 8.42 Å². The molecule has 4 heteroatoms. The lowest BCUT2D eigenvalue weighted by molar-refractivity contribution is 0.441. The number of hydrogen-bond acceptors (Lipinski definition) is 3. The Bertz CT molecular complexity index is 255. The molecule has 1 aliphatic carbocycles. The summed E-state index contributed by atoms with van der Waals surface area (Å²) in [6.45, 7) is 2.07. The summed E-state index contributed by atoms with van der Waals surface area (Å²) in [6, 6.07) is 0.956. The first-order chi connectivity index (χ1) is 6.47. The second kappa shape index (κ2) is 5.12. The standard InChI is InChI=1S/C10H21NO2S/c1-9(7-8-14(2,12)13)11-10-5-3-4-6-10/h9-11H,3-8H2,1-2H3. The van der Waals surface area contributed by atoms with E-state index in [1.165, 1.54) is 31.9 Å². The lowest BCUT2D eigenvalue weighted by Gasteiger charge is -2.18. The number of nitrogens with one attached hydrogen (secondary N) is 1. The van der Waals surface area contributed by atoms with Crippen LogP contribution in [0.1, 0.15) is 39.0 Å². The average molecular weight is 219 g/mol. The molecule has 1 atom stereocenters. The molecule has 0 heterocycles. The Hall–Kier alpha value is -0.0900. The van der Waals surface area contributed by atoms with Gasteiger partial charge < -0.3 is 5.32 Å². The van der Waals surface area contributed by atoms with Gasteiger partial charge in [-0.2, -0.15) is 0 Å². The van der Waals surface area contributed by atoms with E-state index in [0.29, 0.717) is 17.8 Å². The fourth-order valence-corrected chi connectivity index (χ4v) is 2.75. The van der Waals surface area contributed by atoms with E-state index in [-0.39, 0.29) is 0 Å². The highest BCUT2D eigenvalue weighted by Crippen LogP contribution is 2.18. The highest BCUT2D eigenvalue weighted by atomic mass is 32.2. The Morgan fingerprint density at radius 2 is 1.93 bits per heavy atom. The van der Waals surface area contributed by atoms with Gasteiger partial charge in [0.1, 0.15) is 9.84 Å². The molecule has 0 radical (unpaired) electrons. The van der Waals surface area contributed by atoms with Crippen LogP contribution >= 0.6 is 0 Å². The van der Waals surface area contributed by atoms with Crippen molar-refractivity contribution in [2.45, 2.75) is 51.1 Å². The average Bonchev–Trinajstić information content (AvgIpc) is 2.52. The van der Waals surface area contributed by atoms with Gasteiger partial charge in [0.05, 0.1) is 5.75 Å². The fraction of sp³-hybridized carbons (Fsp3) is 1.00. The molecule has 0 amide bonds. The van der Waals surface area contributed by atoms with Gasteiger partial charge in [0.2, 0.25) is 0 Å². The third kappa shape index (κ3) is 4.96. The van der Waals surface area contributed by atoms with Crippen LogP contribution in [0.2, 0.25) is 0 Å². The molecule has 0 aromatic carbocycles. The molecule has 1 unspecified atom stereocenters. The highest BCUT2D eigenvalue weighted by molar-refractivity contribution is 7.90. The zero-order valence-electron chi connectivity index (χ0n) is 9.12. The van der Waals surface area contributed by atoms with E-state index in [1.807, 2.05) is 0 Å². The maximum absolute atomic E-state index is 10.9. The molecule has 3 nitrogen and oxygen atoms in total. The normalized spacial score (nSPS) is 21.3. The van der Waals surface area contributed by atoms with E-state index in [9.17, 15) is 8.42 Å². The largest absolute Gasteiger partial charge is 0.311 e. The van der Waals surface area contributed by atoms with Gasteiger partial charge in [-0.05, 0) is 26.2 Å². The van der Waals surface area contributed by atoms with Crippen molar-refractivity contribution in [1.29, 1.82) is 0 Å². The van der Waals surface area contributed by atoms with Gasteiger partial charge in [-0.15, -0.1) is 0 Å². The molecule has 0 spiro atoms. The minimum absolute atomic E-state index is 0.299. The Morgan fingerprint density at radius 1 is 1.36 bits per heavy atom. The first-order valence-electron chi connectivity index (χ1n) is 5.41. The monoisotopic (exact) mass is 219 g/mol. The van der Waals surface area contributed by atoms with Crippen LogP contribution in [0.3, 0.4) is 0 Å². The van der Waals surface area contributed by atoms with Crippen LogP contribution < -0.4 is 5.32 Å². The Labute approximate surface area is 87.2 Å². The molecular weight excluding hydrogens is 198 g/mol. The second-order valence-corrected chi connectivity index (χ2v) is 6.73. The molecule has 1 N–H and O–H groups in total. The van der Waals surface area contributed by atoms with Crippen molar-refractivity contribution >= 4 is 9.84 Å². The SMILES string of the molecule is CC(CCS(C)(=O)=O)NC1CCCC1. The molecule has 0 saturated heterocycles. The molecule has 1 rings (SSSR count). The summed E-state index contributed by atoms with van der Waals surface area (Å²) in [6.07, 6.45) is 7.17. The lowest BCUT2D eigenvalue weighted by atomic mass is 10.2. The second-order valence-electron chi connectivity index (χ2n) is 4.47. The molecule has 84 valence electrons. The Balaban J connectivity index is 2.18. The van der Waals surface area contributed by atoms with Gasteiger partial charge in [0.25, 0.3) is 0 Å². The van der Waals surface area contributed by atoms with Crippen LogP contribution in [0.15, 0.2) is 0 Å². The lowest BCUT2D eigenvalue weighted by Crippen LogP contribution is -2.35. The molecule has 0 aromatic rings. The Kier molecular flexibility index (Phi) is 4.38. The zero-order valence-corrected chi connectivity index (χ0v) is 9.94. The molecule has 0 bridgehead atoms. The summed E-state index contributed by atoms with van der Waals surface area (Å²) in [5, 5.41) is 3.49. The minimum Gasteiger partial charge on any atom is -0.311 e. The van der Waals surface area contributed by atoms with E-state index in [0.717, 1.165) is 6.42 Å². The summed E-state index contributed by atoms with van der Waals surface area (Å²) in [4.78, 5) is 0. The predicted octanol–water partition coefficient (Wildman–Crippen LogP) is 1.34. The van der Waals surface area contributed by atoms with Crippen LogP contribution in [0, 0.1) is 0 Å². The van der Waals surface area contributed by atoms with Crippen molar-refractivity contribution in [3.63, 3.8) is 0 Å². The van der Waals surface area contributed by atoms with Gasteiger partial charge in [-0.1, -0.05) is 12.8 Å². The molecule has 1 saturated carbocycles. The van der Waals surface area contributed by atoms with E-state index in [2.05, 4.69) is 12.2 Å². The van der Waals surface area contributed by atoms with E-state index < -0.39 is 9.84 Å². The third-order valence-electron chi connectivity index (χ3n) is 2.80. The van der Waals surface area contributed by atoms with Crippen molar-refractivity contribution in [3.05, 3.63) is 0 Å². The minimum atomic E-state index is -2.79. The molecule has 14 heavy (non-hydrogen) atoms. The first kappa shape index (κ1) is 12.0. The number of hydrogen-bond donors (Lipinski definition) is 1. The summed E-state index contributed by atoms with van der Waals surface area (Å²) >= 11 is 0. The van der Waals surface area contributed by atoms with Crippen LogP contribution in [-0.4, -0.2) is 32.5 Å². The smallest absolute Gasteiger partial charge is 0.147 e. The maximum Gasteiger partial charge on any atom is 0.147 e. The van der Waals surface area contributed by atoms with Gasteiger partial charge in [-0.3, -0.25) is 0 Å². The van der Waals surface area contributed by atoms with Gasteiger partial charge >= 0.3 is 0 Å².